The highest BCUT2D eigenvalue weighted by molar-refractivity contribution is 4.77. The monoisotopic (exact) mass is 202 g/mol. The van der Waals surface area contributed by atoms with Gasteiger partial charge in [-0.2, -0.15) is 0 Å². The predicted octanol–water partition coefficient (Wildman–Crippen LogP) is 0.0709. The first-order valence-corrected chi connectivity index (χ1v) is 5.41. The fourth-order valence-corrected chi connectivity index (χ4v) is 1.59. The van der Waals surface area contributed by atoms with Gasteiger partial charge in [-0.1, -0.05) is 0 Å². The Morgan fingerprint density at radius 1 is 1.64 bits per heavy atom. The van der Waals surface area contributed by atoms with Gasteiger partial charge in [-0.3, -0.25) is 4.90 Å². The molecule has 4 heteroatoms. The van der Waals surface area contributed by atoms with Crippen LogP contribution in [0.3, 0.4) is 0 Å². The van der Waals surface area contributed by atoms with Gasteiger partial charge in [0.1, 0.15) is 0 Å². The number of morpholine rings is 1. The zero-order valence-corrected chi connectivity index (χ0v) is 9.24. The van der Waals surface area contributed by atoms with Crippen LogP contribution in [0.25, 0.3) is 0 Å². The van der Waals surface area contributed by atoms with Gasteiger partial charge in [-0.15, -0.1) is 0 Å². The molecule has 0 bridgehead atoms. The minimum absolute atomic E-state index is 0.116. The van der Waals surface area contributed by atoms with Crippen LogP contribution < -0.4 is 5.73 Å². The minimum atomic E-state index is 0.116. The normalized spacial score (nSPS) is 26.4. The van der Waals surface area contributed by atoms with Crippen LogP contribution in [0, 0.1) is 0 Å². The Kier molecular flexibility index (Phi) is 5.40. The lowest BCUT2D eigenvalue weighted by atomic mass is 10.1. The number of nitrogens with two attached hydrogens (primary N) is 1. The summed E-state index contributed by atoms with van der Waals surface area (Å²) in [6, 6.07) is 0.116. The summed E-state index contributed by atoms with van der Waals surface area (Å²) in [6.45, 7) is 9.32. The largest absolute Gasteiger partial charge is 0.380 e. The van der Waals surface area contributed by atoms with E-state index in [1.165, 1.54) is 0 Å². The van der Waals surface area contributed by atoms with E-state index in [2.05, 4.69) is 4.90 Å². The van der Waals surface area contributed by atoms with Gasteiger partial charge in [0.2, 0.25) is 0 Å². The molecule has 0 spiro atoms. The summed E-state index contributed by atoms with van der Waals surface area (Å²) in [6.07, 6.45) is 0.186. The van der Waals surface area contributed by atoms with E-state index in [-0.39, 0.29) is 12.1 Å². The molecule has 2 unspecified atom stereocenters. The van der Waals surface area contributed by atoms with Crippen LogP contribution in [-0.4, -0.2) is 56.5 Å². The number of hydrogen-bond acceptors (Lipinski definition) is 4. The van der Waals surface area contributed by atoms with Gasteiger partial charge in [0, 0.05) is 32.3 Å². The van der Waals surface area contributed by atoms with Crippen LogP contribution in [0.15, 0.2) is 0 Å². The van der Waals surface area contributed by atoms with Crippen molar-refractivity contribution in [1.29, 1.82) is 0 Å². The van der Waals surface area contributed by atoms with Gasteiger partial charge in [-0.25, -0.2) is 0 Å². The Hall–Kier alpha value is -0.160. The van der Waals surface area contributed by atoms with Crippen LogP contribution in [0.1, 0.15) is 13.8 Å². The van der Waals surface area contributed by atoms with Crippen LogP contribution in [0.4, 0.5) is 0 Å². The SMILES string of the molecule is CCOCCN1CCOC(C(C)N)C1. The second-order valence-corrected chi connectivity index (χ2v) is 3.77. The molecule has 0 saturated carbocycles. The smallest absolute Gasteiger partial charge is 0.0850 e. The summed E-state index contributed by atoms with van der Waals surface area (Å²) < 4.78 is 10.9. The van der Waals surface area contributed by atoms with Crippen molar-refractivity contribution in [2.45, 2.75) is 26.0 Å². The molecule has 4 nitrogen and oxygen atoms in total. The van der Waals surface area contributed by atoms with Crippen molar-refractivity contribution in [2.24, 2.45) is 5.73 Å². The molecule has 1 saturated heterocycles. The topological polar surface area (TPSA) is 47.7 Å². The van der Waals surface area contributed by atoms with E-state index >= 15 is 0 Å². The lowest BCUT2D eigenvalue weighted by molar-refractivity contribution is -0.0440. The Morgan fingerprint density at radius 2 is 2.43 bits per heavy atom. The first-order chi connectivity index (χ1) is 6.74. The highest BCUT2D eigenvalue weighted by atomic mass is 16.5. The molecule has 2 N–H and O–H groups in total. The van der Waals surface area contributed by atoms with E-state index in [4.69, 9.17) is 15.2 Å². The molecular formula is C10H22N2O2. The van der Waals surface area contributed by atoms with E-state index in [1.807, 2.05) is 13.8 Å². The molecule has 0 aromatic carbocycles. The van der Waals surface area contributed by atoms with Crippen LogP contribution in [0.5, 0.6) is 0 Å². The zero-order chi connectivity index (χ0) is 10.4. The van der Waals surface area contributed by atoms with Gasteiger partial charge >= 0.3 is 0 Å². The molecule has 1 fully saturated rings. The molecule has 0 aromatic rings. The summed E-state index contributed by atoms with van der Waals surface area (Å²) in [5.41, 5.74) is 5.80. The third-order valence-electron chi connectivity index (χ3n) is 2.52. The second kappa shape index (κ2) is 6.35. The standard InChI is InChI=1S/C10H22N2O2/c1-3-13-6-4-12-5-7-14-10(8-12)9(2)11/h9-10H,3-8,11H2,1-2H3. The van der Waals surface area contributed by atoms with Crippen molar-refractivity contribution in [3.8, 4) is 0 Å². The van der Waals surface area contributed by atoms with Crippen molar-refractivity contribution >= 4 is 0 Å². The average molecular weight is 202 g/mol. The maximum atomic E-state index is 5.80. The van der Waals surface area contributed by atoms with Crippen LogP contribution in [0.2, 0.25) is 0 Å². The van der Waals surface area contributed by atoms with Crippen molar-refractivity contribution in [1.82, 2.24) is 4.90 Å². The summed E-state index contributed by atoms with van der Waals surface area (Å²) in [5.74, 6) is 0. The second-order valence-electron chi connectivity index (χ2n) is 3.77. The van der Waals surface area contributed by atoms with Gasteiger partial charge in [-0.05, 0) is 13.8 Å². The van der Waals surface area contributed by atoms with E-state index in [0.29, 0.717) is 0 Å². The molecule has 1 rings (SSSR count). The Labute approximate surface area is 86.3 Å². The van der Waals surface area contributed by atoms with Crippen molar-refractivity contribution in [3.63, 3.8) is 0 Å². The molecule has 0 amide bonds. The maximum absolute atomic E-state index is 5.80. The molecule has 0 aromatic heterocycles. The third-order valence-corrected chi connectivity index (χ3v) is 2.52. The van der Waals surface area contributed by atoms with E-state index in [1.54, 1.807) is 0 Å². The molecule has 1 aliphatic rings. The Morgan fingerprint density at radius 3 is 3.07 bits per heavy atom. The predicted molar refractivity (Wildman–Crippen MR) is 56.3 cm³/mol. The Bertz CT molecular complexity index is 153. The summed E-state index contributed by atoms with van der Waals surface area (Å²) in [4.78, 5) is 2.35. The highest BCUT2D eigenvalue weighted by Gasteiger charge is 2.22. The summed E-state index contributed by atoms with van der Waals surface area (Å²) in [7, 11) is 0. The molecule has 14 heavy (non-hydrogen) atoms. The molecule has 2 atom stereocenters. The van der Waals surface area contributed by atoms with E-state index in [9.17, 15) is 0 Å². The fourth-order valence-electron chi connectivity index (χ4n) is 1.59. The van der Waals surface area contributed by atoms with Gasteiger partial charge in [0.25, 0.3) is 0 Å². The number of hydrogen-bond donors (Lipinski definition) is 1. The molecule has 84 valence electrons. The van der Waals surface area contributed by atoms with Crippen LogP contribution >= 0.6 is 0 Å². The van der Waals surface area contributed by atoms with E-state index < -0.39 is 0 Å². The molecule has 0 aliphatic carbocycles. The Balaban J connectivity index is 2.19. The molecule has 1 aliphatic heterocycles. The fraction of sp³-hybridized carbons (Fsp3) is 1.00. The van der Waals surface area contributed by atoms with Crippen molar-refractivity contribution < 1.29 is 9.47 Å². The molecular weight excluding hydrogens is 180 g/mol. The van der Waals surface area contributed by atoms with Crippen LogP contribution in [-0.2, 0) is 9.47 Å². The van der Waals surface area contributed by atoms with Gasteiger partial charge in [0.15, 0.2) is 0 Å². The molecule has 1 heterocycles. The first kappa shape index (κ1) is 11.9. The third kappa shape index (κ3) is 3.92. The average Bonchev–Trinajstić information content (AvgIpc) is 2.19. The number of nitrogens with zero attached hydrogens (tertiary/aromatic N) is 1. The quantitative estimate of drug-likeness (QED) is 0.641. The van der Waals surface area contributed by atoms with E-state index in [0.717, 1.165) is 39.5 Å². The molecule has 0 radical (unpaired) electrons. The zero-order valence-electron chi connectivity index (χ0n) is 9.24. The number of ether oxygens (including phenoxy) is 2. The lowest BCUT2D eigenvalue weighted by Crippen LogP contribution is -2.50. The minimum Gasteiger partial charge on any atom is -0.380 e. The summed E-state index contributed by atoms with van der Waals surface area (Å²) in [5, 5.41) is 0. The number of rotatable bonds is 5. The van der Waals surface area contributed by atoms with Gasteiger partial charge < -0.3 is 15.2 Å². The summed E-state index contributed by atoms with van der Waals surface area (Å²) >= 11 is 0. The maximum Gasteiger partial charge on any atom is 0.0850 e. The van der Waals surface area contributed by atoms with Gasteiger partial charge in [0.05, 0.1) is 19.3 Å². The lowest BCUT2D eigenvalue weighted by Gasteiger charge is -2.34. The first-order valence-electron chi connectivity index (χ1n) is 5.41. The highest BCUT2D eigenvalue weighted by Crippen LogP contribution is 2.07. The van der Waals surface area contributed by atoms with Crippen molar-refractivity contribution in [2.75, 3.05) is 39.5 Å². The van der Waals surface area contributed by atoms with Crippen molar-refractivity contribution in [3.05, 3.63) is 0 Å².